The van der Waals surface area contributed by atoms with Crippen LogP contribution < -0.4 is 10.6 Å². The molecule has 0 aliphatic carbocycles. The van der Waals surface area contributed by atoms with Crippen LogP contribution in [0.15, 0.2) is 10.9 Å². The van der Waals surface area contributed by atoms with Crippen molar-refractivity contribution in [2.75, 3.05) is 6.54 Å². The number of urea groups is 1. The first-order chi connectivity index (χ1) is 8.13. The lowest BCUT2D eigenvalue weighted by Crippen LogP contribution is -2.46. The lowest BCUT2D eigenvalue weighted by atomic mass is 10.2. The van der Waals surface area contributed by atoms with Gasteiger partial charge in [0.15, 0.2) is 5.82 Å². The van der Waals surface area contributed by atoms with Gasteiger partial charge in [0.25, 0.3) is 0 Å². The van der Waals surface area contributed by atoms with E-state index in [1.807, 2.05) is 0 Å². The van der Waals surface area contributed by atoms with Crippen LogP contribution in [0.5, 0.6) is 0 Å². The van der Waals surface area contributed by atoms with E-state index in [2.05, 4.69) is 25.3 Å². The van der Waals surface area contributed by atoms with Gasteiger partial charge in [-0.2, -0.15) is 4.98 Å². The van der Waals surface area contributed by atoms with Crippen molar-refractivity contribution in [2.24, 2.45) is 0 Å². The van der Waals surface area contributed by atoms with Crippen LogP contribution >= 0.6 is 0 Å². The Morgan fingerprint density at radius 1 is 1.59 bits per heavy atom. The number of carbonyl (C=O) groups is 2. The number of carboxylic acids is 1. The molecule has 0 aromatic carbocycles. The number of rotatable bonds is 6. The molecule has 8 nitrogen and oxygen atoms in total. The number of aromatic nitrogens is 2. The number of amides is 2. The fourth-order valence-electron chi connectivity index (χ4n) is 1.14. The van der Waals surface area contributed by atoms with Crippen molar-refractivity contribution in [1.82, 2.24) is 20.8 Å². The highest BCUT2D eigenvalue weighted by atomic mass is 16.5. The number of hydrogen-bond donors (Lipinski definition) is 3. The van der Waals surface area contributed by atoms with Crippen LogP contribution in [0.25, 0.3) is 0 Å². The van der Waals surface area contributed by atoms with Crippen molar-refractivity contribution in [3.8, 4) is 0 Å². The van der Waals surface area contributed by atoms with Gasteiger partial charge in [0.2, 0.25) is 6.39 Å². The van der Waals surface area contributed by atoms with E-state index < -0.39 is 18.0 Å². The maximum Gasteiger partial charge on any atom is 0.326 e. The molecule has 0 aliphatic heterocycles. The van der Waals surface area contributed by atoms with Crippen molar-refractivity contribution < 1.29 is 19.2 Å². The first kappa shape index (κ1) is 12.9. The van der Waals surface area contributed by atoms with Crippen molar-refractivity contribution in [3.05, 3.63) is 12.2 Å². The van der Waals surface area contributed by atoms with Gasteiger partial charge in [0, 0.05) is 13.0 Å². The standard InChI is InChI=1S/C9H14N4O4/c1-2-6(8(14)15)12-9(16)10-4-3-7-11-5-17-13-7/h5-6H,2-4H2,1H3,(H,14,15)(H2,10,12,16)/t6-/m1/s1. The summed E-state index contributed by atoms with van der Waals surface area (Å²) >= 11 is 0. The highest BCUT2D eigenvalue weighted by Crippen LogP contribution is 1.91. The number of carbonyl (C=O) groups excluding carboxylic acids is 1. The van der Waals surface area contributed by atoms with E-state index in [0.29, 0.717) is 25.2 Å². The maximum absolute atomic E-state index is 11.3. The molecule has 0 fully saturated rings. The molecule has 0 unspecified atom stereocenters. The summed E-state index contributed by atoms with van der Waals surface area (Å²) in [7, 11) is 0. The van der Waals surface area contributed by atoms with Crippen molar-refractivity contribution in [1.29, 1.82) is 0 Å². The number of nitrogens with zero attached hydrogens (tertiary/aromatic N) is 2. The van der Waals surface area contributed by atoms with Crippen molar-refractivity contribution in [2.45, 2.75) is 25.8 Å². The van der Waals surface area contributed by atoms with Crippen LogP contribution in [0.4, 0.5) is 4.79 Å². The largest absolute Gasteiger partial charge is 0.480 e. The molecule has 0 aliphatic rings. The minimum atomic E-state index is -1.05. The molecule has 1 atom stereocenters. The molecule has 8 heteroatoms. The molecule has 0 saturated heterocycles. The minimum Gasteiger partial charge on any atom is -0.480 e. The molecule has 17 heavy (non-hydrogen) atoms. The van der Waals surface area contributed by atoms with E-state index >= 15 is 0 Å². The van der Waals surface area contributed by atoms with Gasteiger partial charge in [-0.05, 0) is 6.42 Å². The first-order valence-electron chi connectivity index (χ1n) is 5.16. The molecule has 94 valence electrons. The summed E-state index contributed by atoms with van der Waals surface area (Å²) in [6, 6.07) is -1.40. The monoisotopic (exact) mass is 242 g/mol. The van der Waals surface area contributed by atoms with E-state index in [4.69, 9.17) is 5.11 Å². The van der Waals surface area contributed by atoms with Crippen LogP contribution in [0, 0.1) is 0 Å². The van der Waals surface area contributed by atoms with E-state index in [-0.39, 0.29) is 0 Å². The van der Waals surface area contributed by atoms with Crippen LogP contribution in [0.2, 0.25) is 0 Å². The second-order valence-electron chi connectivity index (χ2n) is 3.30. The Bertz CT molecular complexity index is 365. The van der Waals surface area contributed by atoms with Crippen LogP contribution in [-0.4, -0.2) is 39.8 Å². The lowest BCUT2D eigenvalue weighted by Gasteiger charge is -2.12. The molecule has 0 bridgehead atoms. The third kappa shape index (κ3) is 4.49. The second-order valence-corrected chi connectivity index (χ2v) is 3.30. The number of hydrogen-bond acceptors (Lipinski definition) is 5. The zero-order valence-electron chi connectivity index (χ0n) is 9.34. The smallest absolute Gasteiger partial charge is 0.326 e. The molecule has 1 aromatic rings. The van der Waals surface area contributed by atoms with Gasteiger partial charge >= 0.3 is 12.0 Å². The Labute approximate surface area is 97.4 Å². The Kier molecular flexibility index (Phi) is 4.92. The average Bonchev–Trinajstić information content (AvgIpc) is 2.78. The summed E-state index contributed by atoms with van der Waals surface area (Å²) in [5.74, 6) is -0.573. The first-order valence-corrected chi connectivity index (χ1v) is 5.16. The third-order valence-corrected chi connectivity index (χ3v) is 2.05. The van der Waals surface area contributed by atoms with Gasteiger partial charge in [0.05, 0.1) is 0 Å². The van der Waals surface area contributed by atoms with Gasteiger partial charge in [-0.3, -0.25) is 0 Å². The summed E-state index contributed by atoms with van der Waals surface area (Å²) < 4.78 is 4.52. The van der Waals surface area contributed by atoms with Crippen LogP contribution in [0.1, 0.15) is 19.2 Å². The van der Waals surface area contributed by atoms with Gasteiger partial charge in [-0.1, -0.05) is 12.1 Å². The quantitative estimate of drug-likeness (QED) is 0.634. The van der Waals surface area contributed by atoms with Crippen LogP contribution in [0.3, 0.4) is 0 Å². The number of aliphatic carboxylic acids is 1. The number of nitrogens with one attached hydrogen (secondary N) is 2. The summed E-state index contributed by atoms with van der Waals surface area (Å²) in [6.45, 7) is 1.99. The molecule has 1 rings (SSSR count). The molecule has 0 radical (unpaired) electrons. The normalized spacial score (nSPS) is 11.8. The van der Waals surface area contributed by atoms with E-state index in [1.54, 1.807) is 6.92 Å². The van der Waals surface area contributed by atoms with Crippen molar-refractivity contribution >= 4 is 12.0 Å². The molecule has 3 N–H and O–H groups in total. The summed E-state index contributed by atoms with van der Waals surface area (Å²) in [4.78, 5) is 25.7. The Morgan fingerprint density at radius 3 is 2.88 bits per heavy atom. The Balaban J connectivity index is 2.23. The topological polar surface area (TPSA) is 117 Å². The van der Waals surface area contributed by atoms with Gasteiger partial charge in [-0.15, -0.1) is 0 Å². The SMILES string of the molecule is CC[C@@H](NC(=O)NCCc1ncon1)C(=O)O. The third-order valence-electron chi connectivity index (χ3n) is 2.05. The summed E-state index contributed by atoms with van der Waals surface area (Å²) in [5.41, 5.74) is 0. The fraction of sp³-hybridized carbons (Fsp3) is 0.556. The fourth-order valence-corrected chi connectivity index (χ4v) is 1.14. The number of carboxylic acid groups (broad SMARTS) is 1. The van der Waals surface area contributed by atoms with E-state index in [0.717, 1.165) is 0 Å². The van der Waals surface area contributed by atoms with Gasteiger partial charge in [-0.25, -0.2) is 9.59 Å². The Hall–Kier alpha value is -2.12. The molecule has 1 aromatic heterocycles. The predicted molar refractivity (Wildman–Crippen MR) is 56.3 cm³/mol. The highest BCUT2D eigenvalue weighted by Gasteiger charge is 2.16. The molecular weight excluding hydrogens is 228 g/mol. The summed E-state index contributed by atoms with van der Waals surface area (Å²) in [5, 5.41) is 17.1. The molecule has 2 amide bonds. The highest BCUT2D eigenvalue weighted by molar-refractivity contribution is 5.82. The average molecular weight is 242 g/mol. The van der Waals surface area contributed by atoms with E-state index in [1.165, 1.54) is 6.39 Å². The molecule has 0 spiro atoms. The summed E-state index contributed by atoms with van der Waals surface area (Å²) in [6.07, 6.45) is 1.95. The zero-order chi connectivity index (χ0) is 12.7. The van der Waals surface area contributed by atoms with Gasteiger partial charge < -0.3 is 20.3 Å². The van der Waals surface area contributed by atoms with Crippen molar-refractivity contribution in [3.63, 3.8) is 0 Å². The lowest BCUT2D eigenvalue weighted by molar-refractivity contribution is -0.139. The predicted octanol–water partition coefficient (Wildman–Crippen LogP) is -0.225. The van der Waals surface area contributed by atoms with Gasteiger partial charge in [0.1, 0.15) is 6.04 Å². The molecular formula is C9H14N4O4. The molecule has 0 saturated carbocycles. The van der Waals surface area contributed by atoms with E-state index in [9.17, 15) is 9.59 Å². The maximum atomic E-state index is 11.3. The zero-order valence-corrected chi connectivity index (χ0v) is 9.34. The minimum absolute atomic E-state index is 0.307. The second kappa shape index (κ2) is 6.46. The van der Waals surface area contributed by atoms with Crippen LogP contribution in [-0.2, 0) is 11.2 Å². The Morgan fingerprint density at radius 2 is 2.35 bits per heavy atom. The molecule has 1 heterocycles.